The first-order valence-electron chi connectivity index (χ1n) is 14.4. The summed E-state index contributed by atoms with van der Waals surface area (Å²) in [5.74, 6) is -0.697. The van der Waals surface area contributed by atoms with E-state index >= 15 is 0 Å². The van der Waals surface area contributed by atoms with Crippen molar-refractivity contribution in [3.63, 3.8) is 0 Å². The fourth-order valence-corrected chi connectivity index (χ4v) is 4.34. The molecule has 0 aliphatic rings. The van der Waals surface area contributed by atoms with Crippen molar-refractivity contribution in [2.75, 3.05) is 19.8 Å². The molecule has 0 radical (unpaired) electrons. The number of aryl methyl sites for hydroxylation is 3. The summed E-state index contributed by atoms with van der Waals surface area (Å²) in [5, 5.41) is 22.1. The monoisotopic (exact) mass is 616 g/mol. The number of benzene rings is 1. The lowest BCUT2D eigenvalue weighted by atomic mass is 10.1. The summed E-state index contributed by atoms with van der Waals surface area (Å²) in [4.78, 5) is 42.8. The van der Waals surface area contributed by atoms with Crippen molar-refractivity contribution in [1.29, 1.82) is 0 Å². The Morgan fingerprint density at radius 1 is 1.11 bits per heavy atom. The van der Waals surface area contributed by atoms with E-state index in [1.54, 1.807) is 35.4 Å². The Balaban J connectivity index is 0.000000477. The number of carboxylic acids is 2. The third-order valence-corrected chi connectivity index (χ3v) is 6.55. The largest absolute Gasteiger partial charge is 0.492 e. The maximum Gasteiger partial charge on any atom is 0.333 e. The van der Waals surface area contributed by atoms with E-state index in [-0.39, 0.29) is 17.9 Å². The Kier molecular flexibility index (Phi) is 14.3. The van der Waals surface area contributed by atoms with Gasteiger partial charge in [0.15, 0.2) is 17.6 Å². The molecule has 15 heteroatoms. The molecule has 8 N–H and O–H groups in total. The van der Waals surface area contributed by atoms with E-state index in [0.29, 0.717) is 61.8 Å². The molecule has 3 aromatic rings. The molecule has 2 aromatic heterocycles. The second-order valence-electron chi connectivity index (χ2n) is 10.0. The Morgan fingerprint density at radius 3 is 2.36 bits per heavy atom. The van der Waals surface area contributed by atoms with Crippen LogP contribution in [0.2, 0.25) is 0 Å². The van der Waals surface area contributed by atoms with Gasteiger partial charge in [-0.15, -0.1) is 0 Å². The lowest BCUT2D eigenvalue weighted by Gasteiger charge is -2.13. The summed E-state index contributed by atoms with van der Waals surface area (Å²) in [6.07, 6.45) is 2.09. The van der Waals surface area contributed by atoms with Crippen LogP contribution in [0.15, 0.2) is 34.1 Å². The van der Waals surface area contributed by atoms with Gasteiger partial charge in [-0.25, -0.2) is 9.78 Å². The normalized spacial score (nSPS) is 12.2. The SMILES string of the molecule is CCCc1nn(C)c2c(=O)n(CCOc3ccc(C[C@H](OCC)C(=O)O)cc3)c(C)nc12.NC(N)=NCCCC(N)C(=O)O. The van der Waals surface area contributed by atoms with Crippen LogP contribution in [0, 0.1) is 6.92 Å². The molecule has 1 unspecified atom stereocenters. The fraction of sp³-hybridized carbons (Fsp3) is 0.517. The first kappa shape index (κ1) is 35.7. The third kappa shape index (κ3) is 10.6. The lowest BCUT2D eigenvalue weighted by Crippen LogP contribution is -2.30. The number of nitrogens with zero attached hydrogens (tertiary/aromatic N) is 5. The second kappa shape index (κ2) is 17.6. The molecular weight excluding hydrogens is 572 g/mol. The third-order valence-electron chi connectivity index (χ3n) is 6.55. The maximum absolute atomic E-state index is 13.0. The van der Waals surface area contributed by atoms with Crippen LogP contribution in [0.25, 0.3) is 11.0 Å². The molecule has 44 heavy (non-hydrogen) atoms. The van der Waals surface area contributed by atoms with E-state index in [1.807, 2.05) is 19.1 Å². The van der Waals surface area contributed by atoms with Crippen LogP contribution in [0.1, 0.15) is 50.2 Å². The molecule has 0 amide bonds. The van der Waals surface area contributed by atoms with Crippen LogP contribution in [0.4, 0.5) is 0 Å². The molecule has 0 saturated carbocycles. The van der Waals surface area contributed by atoms with Crippen molar-refractivity contribution in [3.8, 4) is 5.75 Å². The minimum Gasteiger partial charge on any atom is -0.492 e. The molecule has 0 aliphatic carbocycles. The van der Waals surface area contributed by atoms with Gasteiger partial charge in [0.2, 0.25) is 0 Å². The van der Waals surface area contributed by atoms with Crippen LogP contribution >= 0.6 is 0 Å². The van der Waals surface area contributed by atoms with Gasteiger partial charge < -0.3 is 36.9 Å². The average Bonchev–Trinajstić information content (AvgIpc) is 3.28. The van der Waals surface area contributed by atoms with Crippen molar-refractivity contribution in [2.24, 2.45) is 29.2 Å². The predicted molar refractivity (Wildman–Crippen MR) is 166 cm³/mol. The number of fused-ring (bicyclic) bond motifs is 1. The van der Waals surface area contributed by atoms with Gasteiger partial charge in [-0.05, 0) is 50.8 Å². The molecule has 0 fully saturated rings. The molecule has 0 aliphatic heterocycles. The van der Waals surface area contributed by atoms with Crippen LogP contribution in [-0.4, -0.2) is 79.3 Å². The van der Waals surface area contributed by atoms with Crippen molar-refractivity contribution >= 4 is 28.9 Å². The molecule has 0 saturated heterocycles. The van der Waals surface area contributed by atoms with E-state index in [0.717, 1.165) is 24.1 Å². The summed E-state index contributed by atoms with van der Waals surface area (Å²) >= 11 is 0. The van der Waals surface area contributed by atoms with E-state index in [2.05, 4.69) is 22.0 Å². The number of aliphatic imine (C=N–C) groups is 1. The number of carboxylic acid groups (broad SMARTS) is 2. The zero-order chi connectivity index (χ0) is 32.8. The number of aromatic nitrogens is 4. The molecular formula is C29H44N8O7. The van der Waals surface area contributed by atoms with Crippen LogP contribution in [-0.2, 0) is 40.8 Å². The predicted octanol–water partition coefficient (Wildman–Crippen LogP) is 0.954. The second-order valence-corrected chi connectivity index (χ2v) is 10.0. The van der Waals surface area contributed by atoms with Crippen LogP contribution < -0.4 is 27.5 Å². The smallest absolute Gasteiger partial charge is 0.333 e. The highest BCUT2D eigenvalue weighted by Crippen LogP contribution is 2.16. The fourth-order valence-electron chi connectivity index (χ4n) is 4.34. The highest BCUT2D eigenvalue weighted by Gasteiger charge is 2.18. The molecule has 2 atom stereocenters. The van der Waals surface area contributed by atoms with Gasteiger partial charge >= 0.3 is 11.9 Å². The highest BCUT2D eigenvalue weighted by molar-refractivity contribution is 5.77. The summed E-state index contributed by atoms with van der Waals surface area (Å²) in [6, 6.07) is 6.39. The lowest BCUT2D eigenvalue weighted by molar-refractivity contribution is -0.150. The Hall–Kier alpha value is -4.50. The minimum atomic E-state index is -1.00. The van der Waals surface area contributed by atoms with E-state index in [4.69, 9.17) is 31.8 Å². The Bertz CT molecular complexity index is 1460. The minimum absolute atomic E-state index is 0.0129. The number of hydrogen-bond acceptors (Lipinski definition) is 9. The number of nitrogens with two attached hydrogens (primary N) is 3. The topological polar surface area (TPSA) is 236 Å². The number of carbonyl (C=O) groups is 2. The number of rotatable bonds is 16. The van der Waals surface area contributed by atoms with Crippen molar-refractivity contribution in [2.45, 2.75) is 71.6 Å². The van der Waals surface area contributed by atoms with Gasteiger partial charge in [0.1, 0.15) is 29.7 Å². The zero-order valence-electron chi connectivity index (χ0n) is 25.7. The van der Waals surface area contributed by atoms with Gasteiger partial charge in [0, 0.05) is 26.6 Å². The van der Waals surface area contributed by atoms with Crippen molar-refractivity contribution < 1.29 is 29.3 Å². The summed E-state index contributed by atoms with van der Waals surface area (Å²) < 4.78 is 14.3. The zero-order valence-corrected chi connectivity index (χ0v) is 25.7. The van der Waals surface area contributed by atoms with Crippen molar-refractivity contribution in [1.82, 2.24) is 19.3 Å². The number of ether oxygens (including phenoxy) is 2. The van der Waals surface area contributed by atoms with Gasteiger partial charge in [-0.2, -0.15) is 5.10 Å². The van der Waals surface area contributed by atoms with E-state index < -0.39 is 24.1 Å². The molecule has 1 aromatic carbocycles. The molecule has 242 valence electrons. The number of guanidine groups is 1. The molecule has 3 rings (SSSR count). The van der Waals surface area contributed by atoms with E-state index in [1.165, 1.54) is 0 Å². The summed E-state index contributed by atoms with van der Waals surface area (Å²) in [6.45, 7) is 7.07. The standard InChI is InChI=1S/C23H30N4O5.C6H14N4O2/c1-5-7-18-20-21(26(4)25-18)22(28)27(15(3)24-20)12-13-32-17-10-8-16(9-11-17)14-19(23(29)30)31-6-2;7-4(5(11)12)2-1-3-10-6(8)9/h8-11,19H,5-7,12-14H2,1-4H3,(H,29,30);4H,1-3,7H2,(H,11,12)(H4,8,9,10)/t19-;/m0./s1. The quantitative estimate of drug-likeness (QED) is 0.0859. The molecule has 15 nitrogen and oxygen atoms in total. The van der Waals surface area contributed by atoms with Gasteiger partial charge in [0.25, 0.3) is 5.56 Å². The average molecular weight is 617 g/mol. The molecule has 2 heterocycles. The number of aliphatic carboxylic acids is 2. The summed E-state index contributed by atoms with van der Waals surface area (Å²) in [5.41, 5.74) is 18.1. The summed E-state index contributed by atoms with van der Waals surface area (Å²) in [7, 11) is 1.77. The van der Waals surface area contributed by atoms with Gasteiger partial charge in [-0.1, -0.05) is 25.5 Å². The highest BCUT2D eigenvalue weighted by atomic mass is 16.5. The van der Waals surface area contributed by atoms with Crippen LogP contribution in [0.5, 0.6) is 5.75 Å². The van der Waals surface area contributed by atoms with E-state index in [9.17, 15) is 19.5 Å². The molecule has 0 bridgehead atoms. The number of hydrogen-bond donors (Lipinski definition) is 5. The van der Waals surface area contributed by atoms with Crippen LogP contribution in [0.3, 0.4) is 0 Å². The van der Waals surface area contributed by atoms with Gasteiger partial charge in [0.05, 0.1) is 12.2 Å². The maximum atomic E-state index is 13.0. The Morgan fingerprint density at radius 2 is 1.80 bits per heavy atom. The Labute approximate surface area is 255 Å². The molecule has 0 spiro atoms. The van der Waals surface area contributed by atoms with Gasteiger partial charge in [-0.3, -0.25) is 23.8 Å². The first-order valence-corrected chi connectivity index (χ1v) is 14.4. The first-order chi connectivity index (χ1) is 20.9. The van der Waals surface area contributed by atoms with Crippen molar-refractivity contribution in [3.05, 3.63) is 51.7 Å².